The molecular weight excluding hydrogens is 1410 g/mol. The number of likely N-dealkylation sites (tertiary alicyclic amines) is 4. The second-order valence-electron chi connectivity index (χ2n) is 37.1. The molecule has 15 rings (SSSR count). The Balaban J connectivity index is 0.000000219. The lowest BCUT2D eigenvalue weighted by Crippen LogP contribution is -2.61. The zero-order valence-corrected chi connectivity index (χ0v) is 68.8. The molecule has 15 fully saturated rings. The van der Waals surface area contributed by atoms with Gasteiger partial charge in [-0.2, -0.15) is 0 Å². The van der Waals surface area contributed by atoms with Gasteiger partial charge in [0.2, 0.25) is 63.2 Å². The Bertz CT molecular complexity index is 3250. The van der Waals surface area contributed by atoms with Crippen LogP contribution in [0.4, 0.5) is 0 Å². The van der Waals surface area contributed by atoms with Gasteiger partial charge in [-0.05, 0) is 52.4 Å². The summed E-state index contributed by atoms with van der Waals surface area (Å²) in [6.07, 6.45) is 8.19. The number of nitrogens with zero attached hydrogens (tertiary/aromatic N) is 8. The highest BCUT2D eigenvalue weighted by atomic mass is 32.2. The van der Waals surface area contributed by atoms with Gasteiger partial charge in [-0.1, -0.05) is 145 Å². The van der Waals surface area contributed by atoms with Gasteiger partial charge in [0.1, 0.15) is 60.7 Å². The number of sulfonamides is 1. The molecule has 15 saturated heterocycles. The van der Waals surface area contributed by atoms with Crippen molar-refractivity contribution >= 4 is 93.0 Å². The number of fused-ring (bicyclic) bond motifs is 12. The summed E-state index contributed by atoms with van der Waals surface area (Å²) in [6.45, 7) is 49.4. The number of hydrogen-bond donors (Lipinski definition) is 1. The summed E-state index contributed by atoms with van der Waals surface area (Å²) < 4.78 is 48.8. The normalized spacial score (nSPS) is 26.6. The Morgan fingerprint density at radius 3 is 0.822 bits per heavy atom. The summed E-state index contributed by atoms with van der Waals surface area (Å²) in [6, 6.07) is -1.62. The Morgan fingerprint density at radius 2 is 0.617 bits per heavy atom. The third-order valence-electron chi connectivity index (χ3n) is 19.2. The number of hydroxylamine groups is 2. The zero-order valence-electron chi connectivity index (χ0n) is 68.0. The minimum Gasteiger partial charge on any atom is -0.461 e. The molecule has 0 saturated carbocycles. The molecule has 10 bridgehead atoms. The number of carbonyl (C=O) groups is 14. The number of amides is 9. The molecule has 606 valence electrons. The van der Waals surface area contributed by atoms with E-state index in [9.17, 15) is 75.5 Å². The van der Waals surface area contributed by atoms with Crippen LogP contribution in [0, 0.1) is 38.4 Å². The van der Waals surface area contributed by atoms with Gasteiger partial charge in [0.05, 0.1) is 30.9 Å². The lowest BCUT2D eigenvalue weighted by atomic mass is 9.89. The highest BCUT2D eigenvalue weighted by Crippen LogP contribution is 2.37. The van der Waals surface area contributed by atoms with E-state index >= 15 is 0 Å². The molecule has 0 aromatic carbocycles. The van der Waals surface area contributed by atoms with Crippen molar-refractivity contribution in [3.05, 3.63) is 0 Å². The second-order valence-corrected chi connectivity index (χ2v) is 39.7. The predicted molar refractivity (Wildman–Crippen MR) is 390 cm³/mol. The molecule has 15 heterocycles. The Hall–Kier alpha value is -7.31. The number of morpholine rings is 3. The molecule has 9 amide bonds. The largest absolute Gasteiger partial charge is 0.461 e. The van der Waals surface area contributed by atoms with E-state index in [1.165, 1.54) is 4.90 Å². The van der Waals surface area contributed by atoms with Gasteiger partial charge in [-0.3, -0.25) is 53.3 Å². The molecule has 0 spiro atoms. The molecular formula is C76H124N8O22S. The second kappa shape index (κ2) is 34.7. The van der Waals surface area contributed by atoms with Crippen molar-refractivity contribution in [2.45, 2.75) is 309 Å². The number of imide groups is 1. The molecule has 0 aromatic heterocycles. The van der Waals surface area contributed by atoms with Crippen molar-refractivity contribution in [1.29, 1.82) is 0 Å². The van der Waals surface area contributed by atoms with Crippen LogP contribution in [0.1, 0.15) is 243 Å². The lowest BCUT2D eigenvalue weighted by Gasteiger charge is -2.45. The van der Waals surface area contributed by atoms with Crippen molar-refractivity contribution < 1.29 is 104 Å². The van der Waals surface area contributed by atoms with Gasteiger partial charge in [0.15, 0.2) is 0 Å². The Labute approximate surface area is 632 Å². The maximum Gasteiger partial charge on any atom is 0.329 e. The molecule has 15 aliphatic heterocycles. The highest BCUT2D eigenvalue weighted by molar-refractivity contribution is 7.91. The fourth-order valence-electron chi connectivity index (χ4n) is 12.8. The molecule has 0 aromatic rings. The third kappa shape index (κ3) is 23.4. The smallest absolute Gasteiger partial charge is 0.329 e. The first kappa shape index (κ1) is 90.3. The topological polar surface area (TPSA) is 365 Å². The predicted octanol–water partition coefficient (Wildman–Crippen LogP) is 6.76. The van der Waals surface area contributed by atoms with Crippen LogP contribution in [0.5, 0.6) is 0 Å². The number of β-lactam (4-membered cyclic amide) rings is 3. The minimum absolute atomic E-state index is 0.0371. The van der Waals surface area contributed by atoms with Crippen molar-refractivity contribution in [1.82, 2.24) is 38.8 Å². The minimum atomic E-state index is -3.41. The van der Waals surface area contributed by atoms with Gasteiger partial charge < -0.3 is 48.2 Å². The summed E-state index contributed by atoms with van der Waals surface area (Å²) in [5, 5.41) is 8.91. The first-order valence-electron chi connectivity index (χ1n) is 37.7. The maximum atomic E-state index is 12.1. The van der Waals surface area contributed by atoms with Crippen LogP contribution < -0.4 is 0 Å². The molecule has 30 nitrogen and oxygen atoms in total. The van der Waals surface area contributed by atoms with Crippen LogP contribution >= 0.6 is 0 Å². The first-order chi connectivity index (χ1) is 48.7. The molecule has 107 heavy (non-hydrogen) atoms. The number of ether oxygens (including phenoxy) is 5. The van der Waals surface area contributed by atoms with E-state index in [4.69, 9.17) is 28.9 Å². The van der Waals surface area contributed by atoms with Gasteiger partial charge in [-0.15, -0.1) is 0 Å². The molecule has 0 aliphatic carbocycles. The van der Waals surface area contributed by atoms with Gasteiger partial charge in [0, 0.05) is 110 Å². The van der Waals surface area contributed by atoms with Crippen LogP contribution in [-0.2, 0) is 101 Å². The first-order valence-corrected chi connectivity index (χ1v) is 39.1. The Morgan fingerprint density at radius 1 is 0.346 bits per heavy atom. The van der Waals surface area contributed by atoms with E-state index < -0.39 is 47.3 Å². The number of rotatable bonds is 1. The molecule has 10 atom stereocenters. The molecule has 15 aliphatic rings. The third-order valence-corrected chi connectivity index (χ3v) is 21.7. The fraction of sp³-hybridized carbons (Fsp3) is 0.816. The number of esters is 5. The van der Waals surface area contributed by atoms with Crippen molar-refractivity contribution in [3.63, 3.8) is 0 Å². The lowest BCUT2D eigenvalue weighted by molar-refractivity contribution is -0.184. The summed E-state index contributed by atoms with van der Waals surface area (Å²) in [5.74, 6) is -0.633. The Kier molecular flexibility index (Phi) is 29.3. The number of hydrogen-bond acceptors (Lipinski definition) is 22. The average molecular weight is 1530 g/mol. The standard InChI is InChI=1S/4C11H17NO3.C10H15NO3.C8H13NO2.C7H13NO3S.C4H10.C3H5NO2/c2*1-11(2,3)10(14)12-5-4-7-6-8(12)9(13)15-7;2*1-11(2,3)10(14)12-6-7-4-5-8(12)9(13)15-7;1-10(2,3)9(13)11-5-6-4-7(11)8(12)14-6;1-8(2,3)7(11)9-5-4-6(9)10;1-7(2,3)12(10,11)8-5-4-6(8)9;1-4(2)3;5-3-1-2-4(3)6/h4*7-8H,4-6H2,1-3H3;6-7H,4-5H2,1-3H3;4-5H2,1-3H3;4-5H2,1-3H3;4H,1-3H3;6H,1-2H2/t2*7-,8+;2*7-,8-;6-,7-;;;;/m10100..../s1. The van der Waals surface area contributed by atoms with Crippen LogP contribution in [0.3, 0.4) is 0 Å². The van der Waals surface area contributed by atoms with Crippen LogP contribution in [-0.4, -0.2) is 253 Å². The van der Waals surface area contributed by atoms with Crippen molar-refractivity contribution in [2.24, 2.45) is 38.4 Å². The van der Waals surface area contributed by atoms with Crippen LogP contribution in [0.15, 0.2) is 0 Å². The van der Waals surface area contributed by atoms with Crippen LogP contribution in [0.25, 0.3) is 0 Å². The van der Waals surface area contributed by atoms with Crippen molar-refractivity contribution in [2.75, 3.05) is 52.4 Å². The highest BCUT2D eigenvalue weighted by Gasteiger charge is 2.53. The summed E-state index contributed by atoms with van der Waals surface area (Å²) in [5.41, 5.74) is -2.51. The van der Waals surface area contributed by atoms with E-state index in [1.54, 1.807) is 45.3 Å². The van der Waals surface area contributed by atoms with Gasteiger partial charge >= 0.3 is 29.8 Å². The zero-order chi connectivity index (χ0) is 81.7. The van der Waals surface area contributed by atoms with E-state index in [0.29, 0.717) is 95.9 Å². The van der Waals surface area contributed by atoms with Gasteiger partial charge in [0.25, 0.3) is 0 Å². The quantitative estimate of drug-likeness (QED) is 0.122. The van der Waals surface area contributed by atoms with E-state index in [0.717, 1.165) is 48.7 Å². The summed E-state index contributed by atoms with van der Waals surface area (Å²) in [4.78, 5) is 170. The van der Waals surface area contributed by atoms with E-state index in [1.807, 2.05) is 125 Å². The van der Waals surface area contributed by atoms with Crippen molar-refractivity contribution in [3.8, 4) is 0 Å². The molecule has 0 radical (unpaired) electrons. The van der Waals surface area contributed by atoms with E-state index in [2.05, 4.69) is 20.8 Å². The molecule has 1 N–H and O–H groups in total. The fourth-order valence-corrected chi connectivity index (χ4v) is 14.2. The summed E-state index contributed by atoms with van der Waals surface area (Å²) in [7, 11) is -3.41. The number of carbonyl (C=O) groups excluding carboxylic acids is 14. The van der Waals surface area contributed by atoms with Gasteiger partial charge in [-0.25, -0.2) is 41.8 Å². The molecule has 31 heteroatoms. The maximum absolute atomic E-state index is 12.1. The SMILES string of the molecule is CC(C)(C)C(=O)N1CCC1=O.CC(C)(C)C(=O)N1CC[C@@H]2C[C@H]1C(=O)O2.CC(C)(C)C(=O)N1CC[C@H]2C[C@@H]1C(=O)O2.CC(C)(C)C(=O)N1C[C@@H]2CC[C@H]1C(=O)O2.CC(C)(C)C(=O)N1C[C@@H]2C[C@H]1C(=O)O2.CC(C)(C)C(=O)N1C[C@H]2CC[C@@H]1C(=O)O2.CC(C)(C)S(=O)(=O)N1CCC1=O.CC(C)C.O=C1CCN1O. The van der Waals surface area contributed by atoms with Crippen LogP contribution in [0.2, 0.25) is 0 Å². The summed E-state index contributed by atoms with van der Waals surface area (Å²) >= 11 is 0. The monoisotopic (exact) mass is 1530 g/mol. The number of piperidine rings is 4. The molecule has 0 unspecified atom stereocenters. The van der Waals surface area contributed by atoms with E-state index in [-0.39, 0.29) is 144 Å². The average Bonchev–Trinajstić information content (AvgIpc) is 0.908.